The lowest BCUT2D eigenvalue weighted by molar-refractivity contribution is 0.252. The zero-order valence-electron chi connectivity index (χ0n) is 12.3. The number of carbonyl (C=O) groups is 1. The third-order valence-corrected chi connectivity index (χ3v) is 2.89. The number of urea groups is 1. The van der Waals surface area contributed by atoms with E-state index in [0.717, 1.165) is 5.56 Å². The molecule has 3 N–H and O–H groups in total. The monoisotopic (exact) mass is 299 g/mol. The summed E-state index contributed by atoms with van der Waals surface area (Å²) in [4.78, 5) is 11.7. The van der Waals surface area contributed by atoms with Crippen molar-refractivity contribution in [1.29, 1.82) is 0 Å². The number of hydrazone groups is 1. The van der Waals surface area contributed by atoms with E-state index in [9.17, 15) is 9.90 Å². The zero-order valence-corrected chi connectivity index (χ0v) is 12.3. The molecule has 22 heavy (non-hydrogen) atoms. The molecule has 0 spiro atoms. The average Bonchev–Trinajstić information content (AvgIpc) is 2.51. The van der Waals surface area contributed by atoms with Gasteiger partial charge in [0.1, 0.15) is 0 Å². The van der Waals surface area contributed by atoms with Gasteiger partial charge in [0.05, 0.1) is 13.3 Å². The summed E-state index contributed by atoms with van der Waals surface area (Å²) in [7, 11) is 1.46. The van der Waals surface area contributed by atoms with Crippen molar-refractivity contribution in [3.8, 4) is 11.5 Å². The van der Waals surface area contributed by atoms with Gasteiger partial charge in [-0.3, -0.25) is 0 Å². The number of benzene rings is 2. The van der Waals surface area contributed by atoms with E-state index in [0.29, 0.717) is 17.0 Å². The highest BCUT2D eigenvalue weighted by atomic mass is 16.5. The first-order valence-electron chi connectivity index (χ1n) is 6.62. The van der Waals surface area contributed by atoms with Crippen molar-refractivity contribution in [3.05, 3.63) is 53.6 Å². The Bertz CT molecular complexity index is 682. The number of methoxy groups -OCH3 is 1. The maximum absolute atomic E-state index is 11.7. The molecule has 0 fully saturated rings. The molecule has 2 rings (SSSR count). The topological polar surface area (TPSA) is 83.0 Å². The van der Waals surface area contributed by atoms with Crippen LogP contribution in [-0.4, -0.2) is 24.5 Å². The average molecular weight is 299 g/mol. The van der Waals surface area contributed by atoms with Gasteiger partial charge in [-0.15, -0.1) is 0 Å². The maximum Gasteiger partial charge on any atom is 0.339 e. The molecule has 0 saturated carbocycles. The predicted molar refractivity (Wildman–Crippen MR) is 85.6 cm³/mol. The van der Waals surface area contributed by atoms with E-state index in [4.69, 9.17) is 4.74 Å². The van der Waals surface area contributed by atoms with Crippen LogP contribution >= 0.6 is 0 Å². The summed E-state index contributed by atoms with van der Waals surface area (Å²) in [6.07, 6.45) is 1.46. The number of carbonyl (C=O) groups excluding carboxylic acids is 1. The van der Waals surface area contributed by atoms with Crippen LogP contribution in [0.2, 0.25) is 0 Å². The van der Waals surface area contributed by atoms with Gasteiger partial charge >= 0.3 is 6.03 Å². The fourth-order valence-corrected chi connectivity index (χ4v) is 1.74. The van der Waals surface area contributed by atoms with Crippen molar-refractivity contribution in [2.75, 3.05) is 12.4 Å². The lowest BCUT2D eigenvalue weighted by atomic mass is 10.2. The van der Waals surface area contributed by atoms with Crippen molar-refractivity contribution in [1.82, 2.24) is 5.43 Å². The number of phenols is 1. The molecule has 6 nitrogen and oxygen atoms in total. The van der Waals surface area contributed by atoms with Gasteiger partial charge in [0, 0.05) is 5.69 Å². The van der Waals surface area contributed by atoms with E-state index in [1.165, 1.54) is 19.4 Å². The number of anilines is 1. The van der Waals surface area contributed by atoms with Gasteiger partial charge in [0.25, 0.3) is 0 Å². The minimum atomic E-state index is -0.439. The highest BCUT2D eigenvalue weighted by Gasteiger charge is 2.02. The minimum Gasteiger partial charge on any atom is -0.504 e. The third kappa shape index (κ3) is 4.24. The Morgan fingerprint density at radius 3 is 2.64 bits per heavy atom. The fraction of sp³-hybridized carbons (Fsp3) is 0.125. The van der Waals surface area contributed by atoms with Gasteiger partial charge in [-0.1, -0.05) is 17.7 Å². The number of hydrogen-bond acceptors (Lipinski definition) is 4. The van der Waals surface area contributed by atoms with Crippen LogP contribution in [0.5, 0.6) is 11.5 Å². The normalized spacial score (nSPS) is 10.5. The van der Waals surface area contributed by atoms with Crippen LogP contribution in [0, 0.1) is 6.92 Å². The van der Waals surface area contributed by atoms with Crippen LogP contribution in [0.3, 0.4) is 0 Å². The molecule has 2 aromatic rings. The fourth-order valence-electron chi connectivity index (χ4n) is 1.74. The molecule has 0 radical (unpaired) electrons. The summed E-state index contributed by atoms with van der Waals surface area (Å²) in [5.41, 5.74) is 4.85. The van der Waals surface area contributed by atoms with Gasteiger partial charge in [0.15, 0.2) is 11.5 Å². The summed E-state index contributed by atoms with van der Waals surface area (Å²) in [6.45, 7) is 1.97. The van der Waals surface area contributed by atoms with Crippen LogP contribution in [0.4, 0.5) is 10.5 Å². The molecule has 0 aliphatic carbocycles. The molecule has 0 aliphatic rings. The predicted octanol–water partition coefficient (Wildman–Crippen LogP) is 2.86. The lowest BCUT2D eigenvalue weighted by Crippen LogP contribution is -2.24. The van der Waals surface area contributed by atoms with E-state index in [1.807, 2.05) is 31.2 Å². The van der Waals surface area contributed by atoms with Crippen molar-refractivity contribution >= 4 is 17.9 Å². The second-order valence-electron chi connectivity index (χ2n) is 4.62. The van der Waals surface area contributed by atoms with Crippen molar-refractivity contribution < 1.29 is 14.6 Å². The molecular weight excluding hydrogens is 282 g/mol. The Hall–Kier alpha value is -3.02. The van der Waals surface area contributed by atoms with E-state index >= 15 is 0 Å². The Morgan fingerprint density at radius 1 is 1.23 bits per heavy atom. The Labute approximate surface area is 128 Å². The first kappa shape index (κ1) is 15.4. The standard InChI is InChI=1S/C16H17N3O3/c1-11-3-6-13(7-4-11)18-16(21)19-17-10-12-5-8-14(20)15(9-12)22-2/h3-10,20H,1-2H3,(H2,18,19,21)/b17-10+. The Kier molecular flexibility index (Phi) is 4.98. The van der Waals surface area contributed by atoms with Crippen molar-refractivity contribution in [2.24, 2.45) is 5.10 Å². The number of phenolic OH excluding ortho intramolecular Hbond substituents is 1. The van der Waals surface area contributed by atoms with Crippen molar-refractivity contribution in [2.45, 2.75) is 6.92 Å². The largest absolute Gasteiger partial charge is 0.504 e. The summed E-state index contributed by atoms with van der Waals surface area (Å²) in [6, 6.07) is 11.7. The minimum absolute atomic E-state index is 0.0460. The first-order chi connectivity index (χ1) is 10.6. The lowest BCUT2D eigenvalue weighted by Gasteiger charge is -2.05. The molecule has 0 bridgehead atoms. The number of ether oxygens (including phenoxy) is 1. The number of amides is 2. The van der Waals surface area contributed by atoms with E-state index < -0.39 is 6.03 Å². The molecule has 0 aliphatic heterocycles. The number of aromatic hydroxyl groups is 1. The molecule has 0 aromatic heterocycles. The van der Waals surface area contributed by atoms with E-state index in [2.05, 4.69) is 15.8 Å². The van der Waals surface area contributed by atoms with Gasteiger partial charge < -0.3 is 15.2 Å². The van der Waals surface area contributed by atoms with Crippen LogP contribution in [-0.2, 0) is 0 Å². The van der Waals surface area contributed by atoms with Crippen molar-refractivity contribution in [3.63, 3.8) is 0 Å². The molecule has 2 amide bonds. The molecule has 0 unspecified atom stereocenters. The molecule has 2 aromatic carbocycles. The van der Waals surface area contributed by atoms with E-state index in [1.54, 1.807) is 12.1 Å². The van der Waals surface area contributed by atoms with Gasteiger partial charge in [0.2, 0.25) is 0 Å². The number of nitrogens with zero attached hydrogens (tertiary/aromatic N) is 1. The summed E-state index contributed by atoms with van der Waals surface area (Å²) in [5.74, 6) is 0.387. The van der Waals surface area contributed by atoms with Crippen LogP contribution in [0.25, 0.3) is 0 Å². The van der Waals surface area contributed by atoms with Crippen LogP contribution in [0.1, 0.15) is 11.1 Å². The zero-order chi connectivity index (χ0) is 15.9. The Balaban J connectivity index is 1.91. The third-order valence-electron chi connectivity index (χ3n) is 2.89. The van der Waals surface area contributed by atoms with Gasteiger partial charge in [-0.2, -0.15) is 5.10 Å². The highest BCUT2D eigenvalue weighted by molar-refractivity contribution is 5.90. The second-order valence-corrected chi connectivity index (χ2v) is 4.62. The highest BCUT2D eigenvalue weighted by Crippen LogP contribution is 2.25. The number of hydrogen-bond donors (Lipinski definition) is 3. The quantitative estimate of drug-likeness (QED) is 0.599. The molecule has 6 heteroatoms. The number of rotatable bonds is 4. The molecular formula is C16H17N3O3. The van der Waals surface area contributed by atoms with Crippen LogP contribution in [0.15, 0.2) is 47.6 Å². The molecule has 0 heterocycles. The SMILES string of the molecule is COc1cc(/C=N/NC(=O)Nc2ccc(C)cc2)ccc1O. The summed E-state index contributed by atoms with van der Waals surface area (Å²) in [5, 5.41) is 16.0. The first-order valence-corrected chi connectivity index (χ1v) is 6.62. The van der Waals surface area contributed by atoms with Gasteiger partial charge in [-0.05, 0) is 42.8 Å². The second kappa shape index (κ2) is 7.12. The number of nitrogens with one attached hydrogen (secondary N) is 2. The maximum atomic E-state index is 11.7. The smallest absolute Gasteiger partial charge is 0.339 e. The van der Waals surface area contributed by atoms with Gasteiger partial charge in [-0.25, -0.2) is 10.2 Å². The summed E-state index contributed by atoms with van der Waals surface area (Å²) < 4.78 is 4.99. The number of aryl methyl sites for hydroxylation is 1. The summed E-state index contributed by atoms with van der Waals surface area (Å²) >= 11 is 0. The molecule has 114 valence electrons. The van der Waals surface area contributed by atoms with Crippen LogP contribution < -0.4 is 15.5 Å². The Morgan fingerprint density at radius 2 is 1.95 bits per heavy atom. The molecule has 0 saturated heterocycles. The molecule has 0 atom stereocenters. The van der Waals surface area contributed by atoms with E-state index in [-0.39, 0.29) is 5.75 Å².